The van der Waals surface area contributed by atoms with Crippen LogP contribution < -0.4 is 10.6 Å². The number of carbonyl (C=O) groups is 2. The number of amides is 2. The summed E-state index contributed by atoms with van der Waals surface area (Å²) in [6, 6.07) is 8.70. The minimum Gasteiger partial charge on any atom is -0.388 e. The average molecular weight is 278 g/mol. The number of aliphatic hydroxyl groups is 1. The normalized spacial score (nSPS) is 10.9. The number of rotatable bonds is 7. The second-order valence-electron chi connectivity index (χ2n) is 4.76. The van der Waals surface area contributed by atoms with Crippen molar-refractivity contribution in [2.24, 2.45) is 0 Å². The molecule has 0 unspecified atom stereocenters. The van der Waals surface area contributed by atoms with Crippen molar-refractivity contribution in [3.63, 3.8) is 0 Å². The summed E-state index contributed by atoms with van der Waals surface area (Å²) in [6.07, 6.45) is 1.14. The van der Waals surface area contributed by atoms with Gasteiger partial charge in [0.15, 0.2) is 0 Å². The molecule has 0 heterocycles. The van der Waals surface area contributed by atoms with Crippen LogP contribution in [0.4, 0.5) is 0 Å². The molecule has 5 nitrogen and oxygen atoms in total. The first kappa shape index (κ1) is 16.2. The molecule has 0 atom stereocenters. The van der Waals surface area contributed by atoms with Gasteiger partial charge in [0.05, 0.1) is 12.1 Å². The molecule has 1 aromatic carbocycles. The molecule has 1 aromatic rings. The zero-order valence-electron chi connectivity index (χ0n) is 12.0. The third kappa shape index (κ3) is 5.01. The zero-order valence-corrected chi connectivity index (χ0v) is 12.0. The molecule has 0 aromatic heterocycles. The Hall–Kier alpha value is -1.88. The van der Waals surface area contributed by atoms with Crippen LogP contribution in [0, 0.1) is 0 Å². The van der Waals surface area contributed by atoms with Crippen molar-refractivity contribution < 1.29 is 14.7 Å². The van der Waals surface area contributed by atoms with Crippen molar-refractivity contribution in [1.29, 1.82) is 0 Å². The highest BCUT2D eigenvalue weighted by molar-refractivity contribution is 5.96. The van der Waals surface area contributed by atoms with E-state index in [4.69, 9.17) is 0 Å². The maximum atomic E-state index is 11.7. The summed E-state index contributed by atoms with van der Waals surface area (Å²) in [6.45, 7) is 3.83. The largest absolute Gasteiger partial charge is 0.388 e. The first-order valence-electron chi connectivity index (χ1n) is 6.83. The van der Waals surface area contributed by atoms with Crippen LogP contribution in [0.25, 0.3) is 0 Å². The van der Waals surface area contributed by atoms with E-state index in [1.54, 1.807) is 24.3 Å². The third-order valence-electron chi connectivity index (χ3n) is 3.38. The highest BCUT2D eigenvalue weighted by Crippen LogP contribution is 2.12. The van der Waals surface area contributed by atoms with Crippen molar-refractivity contribution in [2.45, 2.75) is 32.3 Å². The molecule has 2 amide bonds. The molecule has 0 saturated carbocycles. The van der Waals surface area contributed by atoms with E-state index in [1.165, 1.54) is 0 Å². The molecule has 0 spiro atoms. The predicted molar refractivity (Wildman–Crippen MR) is 77.3 cm³/mol. The van der Waals surface area contributed by atoms with E-state index in [-0.39, 0.29) is 24.9 Å². The Labute approximate surface area is 119 Å². The summed E-state index contributed by atoms with van der Waals surface area (Å²) in [7, 11) is 0. The molecular weight excluding hydrogens is 256 g/mol. The quantitative estimate of drug-likeness (QED) is 0.698. The van der Waals surface area contributed by atoms with Gasteiger partial charge in [0.2, 0.25) is 5.91 Å². The van der Waals surface area contributed by atoms with Crippen molar-refractivity contribution in [3.8, 4) is 0 Å². The summed E-state index contributed by atoms with van der Waals surface area (Å²) >= 11 is 0. The summed E-state index contributed by atoms with van der Waals surface area (Å²) in [5.41, 5.74) is -0.363. The smallest absolute Gasteiger partial charge is 0.251 e. The molecule has 0 radical (unpaired) electrons. The van der Waals surface area contributed by atoms with Gasteiger partial charge in [-0.05, 0) is 25.0 Å². The van der Waals surface area contributed by atoms with E-state index in [0.29, 0.717) is 18.4 Å². The molecular formula is C15H22N2O3. The topological polar surface area (TPSA) is 78.4 Å². The Kier molecular flexibility index (Phi) is 6.18. The predicted octanol–water partition coefficient (Wildman–Crippen LogP) is 1.08. The van der Waals surface area contributed by atoms with E-state index in [1.807, 2.05) is 19.9 Å². The van der Waals surface area contributed by atoms with Crippen LogP contribution >= 0.6 is 0 Å². The SMILES string of the molecule is CCC(O)(CC)CNC(=O)CNC(=O)c1ccccc1. The summed E-state index contributed by atoms with van der Waals surface area (Å²) in [5.74, 6) is -0.600. The van der Waals surface area contributed by atoms with E-state index in [2.05, 4.69) is 10.6 Å². The van der Waals surface area contributed by atoms with E-state index < -0.39 is 5.60 Å². The second kappa shape index (κ2) is 7.65. The second-order valence-corrected chi connectivity index (χ2v) is 4.76. The van der Waals surface area contributed by atoms with Crippen molar-refractivity contribution in [2.75, 3.05) is 13.1 Å². The molecule has 1 rings (SSSR count). The lowest BCUT2D eigenvalue weighted by Crippen LogP contribution is -2.45. The lowest BCUT2D eigenvalue weighted by Gasteiger charge is -2.25. The van der Waals surface area contributed by atoms with Crippen molar-refractivity contribution in [1.82, 2.24) is 10.6 Å². The van der Waals surface area contributed by atoms with E-state index in [9.17, 15) is 14.7 Å². The molecule has 0 fully saturated rings. The van der Waals surface area contributed by atoms with E-state index in [0.717, 1.165) is 0 Å². The molecule has 0 bridgehead atoms. The lowest BCUT2D eigenvalue weighted by atomic mass is 9.98. The van der Waals surface area contributed by atoms with Gasteiger partial charge in [-0.15, -0.1) is 0 Å². The minimum atomic E-state index is -0.876. The van der Waals surface area contributed by atoms with Gasteiger partial charge in [0, 0.05) is 12.1 Å². The molecule has 0 aliphatic heterocycles. The van der Waals surface area contributed by atoms with Gasteiger partial charge >= 0.3 is 0 Å². The molecule has 0 aliphatic rings. The van der Waals surface area contributed by atoms with Crippen LogP contribution in [0.3, 0.4) is 0 Å². The van der Waals surface area contributed by atoms with Gasteiger partial charge in [0.1, 0.15) is 0 Å². The zero-order chi connectivity index (χ0) is 15.0. The molecule has 0 aliphatic carbocycles. The number of benzene rings is 1. The molecule has 3 N–H and O–H groups in total. The Morgan fingerprint density at radius 1 is 1.10 bits per heavy atom. The first-order valence-corrected chi connectivity index (χ1v) is 6.83. The van der Waals surface area contributed by atoms with Gasteiger partial charge in [-0.2, -0.15) is 0 Å². The highest BCUT2D eigenvalue weighted by atomic mass is 16.3. The van der Waals surface area contributed by atoms with Crippen molar-refractivity contribution >= 4 is 11.8 Å². The molecule has 0 saturated heterocycles. The Morgan fingerprint density at radius 2 is 1.70 bits per heavy atom. The average Bonchev–Trinajstić information content (AvgIpc) is 2.51. The van der Waals surface area contributed by atoms with Crippen LogP contribution in [0.1, 0.15) is 37.0 Å². The number of nitrogens with one attached hydrogen (secondary N) is 2. The van der Waals surface area contributed by atoms with Gasteiger partial charge in [-0.25, -0.2) is 0 Å². The van der Waals surface area contributed by atoms with Crippen LogP contribution in [0.5, 0.6) is 0 Å². The fourth-order valence-corrected chi connectivity index (χ4v) is 1.68. The molecule has 20 heavy (non-hydrogen) atoms. The Morgan fingerprint density at radius 3 is 2.25 bits per heavy atom. The van der Waals surface area contributed by atoms with Gasteiger partial charge in [0.25, 0.3) is 5.91 Å². The Bertz CT molecular complexity index is 442. The van der Waals surface area contributed by atoms with Crippen LogP contribution in [0.2, 0.25) is 0 Å². The number of carbonyl (C=O) groups excluding carboxylic acids is 2. The number of hydrogen-bond donors (Lipinski definition) is 3. The number of hydrogen-bond acceptors (Lipinski definition) is 3. The molecule has 110 valence electrons. The summed E-state index contributed by atoms with van der Waals surface area (Å²) < 4.78 is 0. The lowest BCUT2D eigenvalue weighted by molar-refractivity contribution is -0.121. The minimum absolute atomic E-state index is 0.1000. The monoisotopic (exact) mass is 278 g/mol. The van der Waals surface area contributed by atoms with Crippen molar-refractivity contribution in [3.05, 3.63) is 35.9 Å². The van der Waals surface area contributed by atoms with Crippen LogP contribution in [-0.4, -0.2) is 35.6 Å². The van der Waals surface area contributed by atoms with Gasteiger partial charge in [-0.1, -0.05) is 32.0 Å². The summed E-state index contributed by atoms with van der Waals surface area (Å²) in [4.78, 5) is 23.3. The third-order valence-corrected chi connectivity index (χ3v) is 3.38. The standard InChI is InChI=1S/C15H22N2O3/c1-3-15(20,4-2)11-17-13(18)10-16-14(19)12-8-6-5-7-9-12/h5-9,20H,3-4,10-11H2,1-2H3,(H,16,19)(H,17,18). The van der Waals surface area contributed by atoms with Gasteiger partial charge < -0.3 is 15.7 Å². The van der Waals surface area contributed by atoms with Gasteiger partial charge in [-0.3, -0.25) is 9.59 Å². The highest BCUT2D eigenvalue weighted by Gasteiger charge is 2.22. The Balaban J connectivity index is 2.35. The van der Waals surface area contributed by atoms with Crippen LogP contribution in [-0.2, 0) is 4.79 Å². The maximum absolute atomic E-state index is 11.7. The first-order chi connectivity index (χ1) is 9.50. The summed E-state index contributed by atoms with van der Waals surface area (Å²) in [5, 5.41) is 15.2. The fourth-order valence-electron chi connectivity index (χ4n) is 1.68. The fraction of sp³-hybridized carbons (Fsp3) is 0.467. The van der Waals surface area contributed by atoms with E-state index >= 15 is 0 Å². The maximum Gasteiger partial charge on any atom is 0.251 e. The van der Waals surface area contributed by atoms with Crippen LogP contribution in [0.15, 0.2) is 30.3 Å². The molecule has 5 heteroatoms.